The zero-order valence-electron chi connectivity index (χ0n) is 18.3. The summed E-state index contributed by atoms with van der Waals surface area (Å²) in [7, 11) is -0.289. The number of ether oxygens (including phenoxy) is 1. The number of hydrogen-bond acceptors (Lipinski definition) is 4. The van der Waals surface area contributed by atoms with Gasteiger partial charge in [-0.3, -0.25) is 0 Å². The first kappa shape index (κ1) is 25.8. The van der Waals surface area contributed by atoms with Gasteiger partial charge in [-0.15, -0.1) is 6.58 Å². The summed E-state index contributed by atoms with van der Waals surface area (Å²) in [5, 5.41) is 0. The fourth-order valence-corrected chi connectivity index (χ4v) is 5.22. The van der Waals surface area contributed by atoms with E-state index in [2.05, 4.69) is 18.5 Å². The van der Waals surface area contributed by atoms with Gasteiger partial charge in [-0.05, 0) is 76.4 Å². The number of halogens is 3. The number of hydrogen-bond donors (Lipinski definition) is 0. The van der Waals surface area contributed by atoms with Gasteiger partial charge in [-0.2, -0.15) is 17.5 Å². The van der Waals surface area contributed by atoms with E-state index in [1.54, 1.807) is 0 Å². The molecule has 0 radical (unpaired) electrons. The monoisotopic (exact) mass is 462 g/mol. The smallest absolute Gasteiger partial charge is 0.378 e. The number of alkyl halides is 3. The Labute approximate surface area is 183 Å². The highest BCUT2D eigenvalue weighted by atomic mass is 32.2. The van der Waals surface area contributed by atoms with E-state index in [0.717, 1.165) is 63.0 Å². The molecule has 1 aliphatic rings. The molecule has 1 saturated carbocycles. The van der Waals surface area contributed by atoms with Crippen molar-refractivity contribution in [2.45, 2.75) is 61.7 Å². The molecule has 1 aromatic rings. The van der Waals surface area contributed by atoms with E-state index in [-0.39, 0.29) is 17.0 Å². The Kier molecular flexibility index (Phi) is 9.54. The van der Waals surface area contributed by atoms with Crippen molar-refractivity contribution < 1.29 is 26.3 Å². The van der Waals surface area contributed by atoms with E-state index in [1.807, 2.05) is 6.08 Å². The SMILES string of the molecule is C=CCN(C)CCCCO[C@H]1CC[C@H](N(C)S(=O)(=O)c2ccc(C(F)(F)F)cc2)CC1. The Morgan fingerprint density at radius 1 is 1.10 bits per heavy atom. The number of nitrogens with zero attached hydrogens (tertiary/aromatic N) is 2. The lowest BCUT2D eigenvalue weighted by molar-refractivity contribution is -0.137. The van der Waals surface area contributed by atoms with Crippen LogP contribution in [-0.4, -0.2) is 63.6 Å². The molecule has 0 spiro atoms. The van der Waals surface area contributed by atoms with Crippen molar-refractivity contribution in [3.63, 3.8) is 0 Å². The lowest BCUT2D eigenvalue weighted by atomic mass is 9.93. The minimum absolute atomic E-state index is 0.122. The number of unbranched alkanes of at least 4 members (excludes halogenated alkanes) is 1. The van der Waals surface area contributed by atoms with Crippen LogP contribution in [0.3, 0.4) is 0 Å². The maximum absolute atomic E-state index is 12.8. The molecular weight excluding hydrogens is 429 g/mol. The zero-order valence-corrected chi connectivity index (χ0v) is 19.1. The van der Waals surface area contributed by atoms with Gasteiger partial charge in [0.05, 0.1) is 16.6 Å². The molecular formula is C22H33F3N2O3S. The molecule has 0 saturated heterocycles. The second-order valence-corrected chi connectivity index (χ2v) is 10.1. The maximum Gasteiger partial charge on any atom is 0.416 e. The van der Waals surface area contributed by atoms with Gasteiger partial charge < -0.3 is 9.64 Å². The molecule has 0 N–H and O–H groups in total. The highest BCUT2D eigenvalue weighted by Crippen LogP contribution is 2.32. The molecule has 176 valence electrons. The maximum atomic E-state index is 12.8. The first-order valence-electron chi connectivity index (χ1n) is 10.6. The van der Waals surface area contributed by atoms with Crippen LogP contribution in [-0.2, 0) is 20.9 Å². The van der Waals surface area contributed by atoms with Gasteiger partial charge in [0.2, 0.25) is 10.0 Å². The summed E-state index contributed by atoms with van der Waals surface area (Å²) in [5.74, 6) is 0. The van der Waals surface area contributed by atoms with E-state index in [1.165, 1.54) is 11.4 Å². The largest absolute Gasteiger partial charge is 0.416 e. The first-order chi connectivity index (χ1) is 14.6. The summed E-state index contributed by atoms with van der Waals surface area (Å²) in [6.45, 7) is 6.28. The fourth-order valence-electron chi connectivity index (χ4n) is 3.80. The van der Waals surface area contributed by atoms with Crippen molar-refractivity contribution in [3.05, 3.63) is 42.5 Å². The molecule has 31 heavy (non-hydrogen) atoms. The van der Waals surface area contributed by atoms with Gasteiger partial charge in [0.1, 0.15) is 0 Å². The predicted molar refractivity (Wildman–Crippen MR) is 115 cm³/mol. The van der Waals surface area contributed by atoms with Crippen LogP contribution in [0.2, 0.25) is 0 Å². The van der Waals surface area contributed by atoms with Crippen LogP contribution < -0.4 is 0 Å². The van der Waals surface area contributed by atoms with Gasteiger partial charge >= 0.3 is 6.18 Å². The van der Waals surface area contributed by atoms with Gasteiger partial charge in [0.15, 0.2) is 0 Å². The van der Waals surface area contributed by atoms with E-state index in [4.69, 9.17) is 4.74 Å². The molecule has 0 aliphatic heterocycles. The van der Waals surface area contributed by atoms with Crippen molar-refractivity contribution in [2.75, 3.05) is 33.8 Å². The molecule has 0 unspecified atom stereocenters. The highest BCUT2D eigenvalue weighted by molar-refractivity contribution is 7.89. The highest BCUT2D eigenvalue weighted by Gasteiger charge is 2.34. The van der Waals surface area contributed by atoms with Crippen LogP contribution in [0.25, 0.3) is 0 Å². The first-order valence-corrected chi connectivity index (χ1v) is 12.1. The molecule has 1 aliphatic carbocycles. The molecule has 0 atom stereocenters. The van der Waals surface area contributed by atoms with Crippen LogP contribution in [0, 0.1) is 0 Å². The van der Waals surface area contributed by atoms with Crippen molar-refractivity contribution in [1.82, 2.24) is 9.21 Å². The third-order valence-corrected chi connectivity index (χ3v) is 7.67. The Hall–Kier alpha value is -1.42. The van der Waals surface area contributed by atoms with Crippen LogP contribution in [0.1, 0.15) is 44.1 Å². The second-order valence-electron chi connectivity index (χ2n) is 8.10. The van der Waals surface area contributed by atoms with Crippen molar-refractivity contribution in [1.29, 1.82) is 0 Å². The van der Waals surface area contributed by atoms with Crippen molar-refractivity contribution >= 4 is 10.0 Å². The van der Waals surface area contributed by atoms with E-state index in [9.17, 15) is 21.6 Å². The second kappa shape index (κ2) is 11.4. The molecule has 0 aromatic heterocycles. The Morgan fingerprint density at radius 3 is 2.26 bits per heavy atom. The summed E-state index contributed by atoms with van der Waals surface area (Å²) in [4.78, 5) is 2.08. The minimum atomic E-state index is -4.49. The number of sulfonamides is 1. The molecule has 0 heterocycles. The summed E-state index contributed by atoms with van der Waals surface area (Å²) in [5.41, 5.74) is -0.862. The van der Waals surface area contributed by atoms with E-state index >= 15 is 0 Å². The lowest BCUT2D eigenvalue weighted by Gasteiger charge is -2.34. The Morgan fingerprint density at radius 2 is 1.71 bits per heavy atom. The summed E-state index contributed by atoms with van der Waals surface area (Å²) in [6, 6.07) is 3.48. The van der Waals surface area contributed by atoms with Gasteiger partial charge in [-0.25, -0.2) is 8.42 Å². The third kappa shape index (κ3) is 7.59. The van der Waals surface area contributed by atoms with Gasteiger partial charge in [0, 0.05) is 26.2 Å². The molecule has 0 bridgehead atoms. The topological polar surface area (TPSA) is 49.9 Å². The summed E-state index contributed by atoms with van der Waals surface area (Å²) in [6.07, 6.45) is 2.42. The lowest BCUT2D eigenvalue weighted by Crippen LogP contribution is -2.40. The fraction of sp³-hybridized carbons (Fsp3) is 0.636. The van der Waals surface area contributed by atoms with Crippen LogP contribution in [0.4, 0.5) is 13.2 Å². The van der Waals surface area contributed by atoms with Crippen molar-refractivity contribution in [2.24, 2.45) is 0 Å². The quantitative estimate of drug-likeness (QED) is 0.358. The molecule has 1 aromatic carbocycles. The van der Waals surface area contributed by atoms with Gasteiger partial charge in [-0.1, -0.05) is 6.08 Å². The Balaban J connectivity index is 1.79. The molecule has 0 amide bonds. The third-order valence-electron chi connectivity index (χ3n) is 5.75. The summed E-state index contributed by atoms with van der Waals surface area (Å²) >= 11 is 0. The summed E-state index contributed by atoms with van der Waals surface area (Å²) < 4.78 is 71.1. The van der Waals surface area contributed by atoms with Crippen molar-refractivity contribution in [3.8, 4) is 0 Å². The normalized spacial score (nSPS) is 20.4. The molecule has 1 fully saturated rings. The standard InChI is InChI=1S/C22H33F3N2O3S/c1-4-15-26(2)16-5-6-17-30-20-11-9-19(10-12-20)27(3)31(28,29)21-13-7-18(8-14-21)22(23,24)25/h4,7-8,13-14,19-20H,1,5-6,9-12,15-17H2,2-3H3/t19-,20-. The molecule has 2 rings (SSSR count). The van der Waals surface area contributed by atoms with Crippen LogP contribution in [0.5, 0.6) is 0 Å². The number of likely N-dealkylation sites (N-methyl/N-ethyl adjacent to an activating group) is 1. The average Bonchev–Trinajstić information content (AvgIpc) is 2.73. The van der Waals surface area contributed by atoms with Crippen LogP contribution >= 0.6 is 0 Å². The van der Waals surface area contributed by atoms with Crippen LogP contribution in [0.15, 0.2) is 41.8 Å². The van der Waals surface area contributed by atoms with Gasteiger partial charge in [0.25, 0.3) is 0 Å². The molecule has 9 heteroatoms. The predicted octanol–water partition coefficient (Wildman–Crippen LogP) is 4.55. The number of rotatable bonds is 11. The van der Waals surface area contributed by atoms with E-state index < -0.39 is 21.8 Å². The molecule has 5 nitrogen and oxygen atoms in total. The minimum Gasteiger partial charge on any atom is -0.378 e. The average molecular weight is 463 g/mol. The Bertz CT molecular complexity index is 789. The van der Waals surface area contributed by atoms with E-state index in [0.29, 0.717) is 19.4 Å². The number of benzene rings is 1. The zero-order chi connectivity index (χ0) is 23.1.